The van der Waals surface area contributed by atoms with Gasteiger partial charge in [-0.25, -0.2) is 4.98 Å². The fourth-order valence-corrected chi connectivity index (χ4v) is 2.33. The van der Waals surface area contributed by atoms with Gasteiger partial charge in [0.1, 0.15) is 11.6 Å². The number of aromatic nitrogens is 1. The highest BCUT2D eigenvalue weighted by Crippen LogP contribution is 2.25. The first-order valence-electron chi connectivity index (χ1n) is 5.43. The molecule has 0 saturated heterocycles. The smallest absolute Gasteiger partial charge is 0.130 e. The molecule has 0 atom stereocenters. The molecule has 0 spiro atoms. The summed E-state index contributed by atoms with van der Waals surface area (Å²) in [5.41, 5.74) is 2.19. The van der Waals surface area contributed by atoms with Crippen molar-refractivity contribution in [2.24, 2.45) is 0 Å². The lowest BCUT2D eigenvalue weighted by molar-refractivity contribution is 0.415. The maximum absolute atomic E-state index is 5.21. The molecule has 0 fully saturated rings. The number of nitrogens with zero attached hydrogens (tertiary/aromatic N) is 1. The Balaban J connectivity index is 2.56. The quantitative estimate of drug-likeness (QED) is 0.901. The van der Waals surface area contributed by atoms with Crippen molar-refractivity contribution in [2.75, 3.05) is 25.7 Å². The molecule has 0 saturated carbocycles. The first-order chi connectivity index (χ1) is 8.28. The lowest BCUT2D eigenvalue weighted by Gasteiger charge is -2.10. The van der Waals surface area contributed by atoms with Crippen molar-refractivity contribution in [3.05, 3.63) is 29.8 Å². The number of methoxy groups -OCH3 is 1. The van der Waals surface area contributed by atoms with Crippen LogP contribution in [0.25, 0.3) is 10.9 Å². The predicted molar refractivity (Wildman–Crippen MR) is 75.1 cm³/mol. The summed E-state index contributed by atoms with van der Waals surface area (Å²) >= 11 is 1.80. The van der Waals surface area contributed by atoms with Gasteiger partial charge in [0.2, 0.25) is 0 Å². The van der Waals surface area contributed by atoms with Crippen LogP contribution in [-0.2, 0) is 5.75 Å². The van der Waals surface area contributed by atoms with Crippen LogP contribution in [0.4, 0.5) is 5.82 Å². The Kier molecular flexibility index (Phi) is 3.74. The first kappa shape index (κ1) is 12.0. The minimum absolute atomic E-state index is 0.838. The zero-order valence-electron chi connectivity index (χ0n) is 10.3. The van der Waals surface area contributed by atoms with Crippen LogP contribution >= 0.6 is 11.8 Å². The average molecular weight is 248 g/mol. The minimum atomic E-state index is 0.838. The van der Waals surface area contributed by atoms with Gasteiger partial charge in [0.15, 0.2) is 0 Å². The van der Waals surface area contributed by atoms with Gasteiger partial charge in [0.25, 0.3) is 0 Å². The van der Waals surface area contributed by atoms with E-state index >= 15 is 0 Å². The third kappa shape index (κ3) is 2.47. The van der Waals surface area contributed by atoms with Gasteiger partial charge in [-0.2, -0.15) is 11.8 Å². The van der Waals surface area contributed by atoms with E-state index < -0.39 is 0 Å². The molecular weight excluding hydrogens is 232 g/mol. The maximum Gasteiger partial charge on any atom is 0.130 e. The van der Waals surface area contributed by atoms with E-state index in [1.807, 2.05) is 25.2 Å². The summed E-state index contributed by atoms with van der Waals surface area (Å²) in [6, 6.07) is 8.15. The maximum atomic E-state index is 5.21. The van der Waals surface area contributed by atoms with Gasteiger partial charge in [-0.15, -0.1) is 0 Å². The second-order valence-corrected chi connectivity index (χ2v) is 4.60. The molecule has 0 aliphatic rings. The number of thioether (sulfide) groups is 1. The molecule has 1 aromatic carbocycles. The van der Waals surface area contributed by atoms with Gasteiger partial charge in [0, 0.05) is 29.8 Å². The molecule has 0 aliphatic heterocycles. The van der Waals surface area contributed by atoms with E-state index in [1.54, 1.807) is 18.9 Å². The van der Waals surface area contributed by atoms with Gasteiger partial charge in [-0.05, 0) is 24.5 Å². The highest BCUT2D eigenvalue weighted by Gasteiger charge is 2.06. The van der Waals surface area contributed by atoms with Crippen LogP contribution in [0.15, 0.2) is 24.3 Å². The Morgan fingerprint density at radius 1 is 1.35 bits per heavy atom. The van der Waals surface area contributed by atoms with Gasteiger partial charge in [-0.3, -0.25) is 0 Å². The third-order valence-corrected chi connectivity index (χ3v) is 3.24. The number of nitrogens with one attached hydrogen (secondary N) is 1. The Labute approximate surface area is 106 Å². The molecule has 0 aliphatic carbocycles. The van der Waals surface area contributed by atoms with Crippen LogP contribution in [-0.4, -0.2) is 25.4 Å². The summed E-state index contributed by atoms with van der Waals surface area (Å²) in [4.78, 5) is 4.62. The number of benzene rings is 1. The van der Waals surface area contributed by atoms with E-state index in [9.17, 15) is 0 Å². The third-order valence-electron chi connectivity index (χ3n) is 2.64. The van der Waals surface area contributed by atoms with Crippen LogP contribution < -0.4 is 10.1 Å². The Morgan fingerprint density at radius 3 is 2.82 bits per heavy atom. The fourth-order valence-electron chi connectivity index (χ4n) is 1.80. The number of anilines is 1. The van der Waals surface area contributed by atoms with Gasteiger partial charge in [-0.1, -0.05) is 0 Å². The summed E-state index contributed by atoms with van der Waals surface area (Å²) < 4.78 is 5.21. The molecule has 0 amide bonds. The lowest BCUT2D eigenvalue weighted by atomic mass is 10.1. The largest absolute Gasteiger partial charge is 0.497 e. The Bertz CT molecular complexity index is 528. The minimum Gasteiger partial charge on any atom is -0.497 e. The molecule has 1 heterocycles. The zero-order valence-corrected chi connectivity index (χ0v) is 11.1. The predicted octanol–water partition coefficient (Wildman–Crippen LogP) is 3.15. The number of hydrogen-bond donors (Lipinski definition) is 1. The number of pyridine rings is 1. The van der Waals surface area contributed by atoms with Gasteiger partial charge < -0.3 is 10.1 Å². The van der Waals surface area contributed by atoms with Crippen LogP contribution in [0, 0.1) is 0 Å². The summed E-state index contributed by atoms with van der Waals surface area (Å²) in [7, 11) is 3.57. The second kappa shape index (κ2) is 5.27. The molecule has 3 nitrogen and oxygen atoms in total. The van der Waals surface area contributed by atoms with Crippen molar-refractivity contribution in [3.63, 3.8) is 0 Å². The summed E-state index contributed by atoms with van der Waals surface area (Å²) in [6.45, 7) is 0. The molecular formula is C13H16N2OS. The molecule has 4 heteroatoms. The monoisotopic (exact) mass is 248 g/mol. The molecule has 0 radical (unpaired) electrons. The Morgan fingerprint density at radius 2 is 2.18 bits per heavy atom. The fraction of sp³-hybridized carbons (Fsp3) is 0.308. The average Bonchev–Trinajstić information content (AvgIpc) is 2.37. The summed E-state index contributed by atoms with van der Waals surface area (Å²) in [6.07, 6.45) is 2.09. The van der Waals surface area contributed by atoms with E-state index in [-0.39, 0.29) is 0 Å². The number of rotatable bonds is 4. The van der Waals surface area contributed by atoms with Crippen LogP contribution in [0.5, 0.6) is 5.75 Å². The van der Waals surface area contributed by atoms with Gasteiger partial charge in [0.05, 0.1) is 12.6 Å². The molecule has 90 valence electrons. The van der Waals surface area contributed by atoms with Crippen LogP contribution in [0.3, 0.4) is 0 Å². The van der Waals surface area contributed by atoms with E-state index in [0.29, 0.717) is 0 Å². The van der Waals surface area contributed by atoms with Crippen molar-refractivity contribution in [3.8, 4) is 5.75 Å². The Hall–Kier alpha value is -1.42. The van der Waals surface area contributed by atoms with Gasteiger partial charge >= 0.3 is 0 Å². The lowest BCUT2D eigenvalue weighted by Crippen LogP contribution is -1.98. The highest BCUT2D eigenvalue weighted by molar-refractivity contribution is 7.97. The van der Waals surface area contributed by atoms with Crippen molar-refractivity contribution >= 4 is 28.5 Å². The summed E-state index contributed by atoms with van der Waals surface area (Å²) in [5.74, 6) is 2.75. The standard InChI is InChI=1S/C13H16N2OS/c1-14-13-10(8-17-3)6-9-4-5-11(16-2)7-12(9)15-13/h4-7H,8H2,1-3H3,(H,14,15). The van der Waals surface area contributed by atoms with Crippen LogP contribution in [0.2, 0.25) is 0 Å². The van der Waals surface area contributed by atoms with Crippen molar-refractivity contribution in [2.45, 2.75) is 5.75 Å². The topological polar surface area (TPSA) is 34.2 Å². The van der Waals surface area contributed by atoms with E-state index in [0.717, 1.165) is 28.2 Å². The van der Waals surface area contributed by atoms with Crippen molar-refractivity contribution < 1.29 is 4.74 Å². The highest BCUT2D eigenvalue weighted by atomic mass is 32.2. The molecule has 2 aromatic rings. The summed E-state index contributed by atoms with van der Waals surface area (Å²) in [5, 5.41) is 4.29. The molecule has 0 bridgehead atoms. The van der Waals surface area contributed by atoms with E-state index in [4.69, 9.17) is 4.74 Å². The van der Waals surface area contributed by atoms with E-state index in [2.05, 4.69) is 22.6 Å². The molecule has 0 unspecified atom stereocenters. The SMILES string of the molecule is CNc1nc2cc(OC)ccc2cc1CSC. The molecule has 1 N–H and O–H groups in total. The molecule has 2 rings (SSSR count). The molecule has 1 aromatic heterocycles. The van der Waals surface area contributed by atoms with Crippen molar-refractivity contribution in [1.82, 2.24) is 4.98 Å². The molecule has 17 heavy (non-hydrogen) atoms. The number of fused-ring (bicyclic) bond motifs is 1. The van der Waals surface area contributed by atoms with E-state index in [1.165, 1.54) is 5.56 Å². The first-order valence-corrected chi connectivity index (χ1v) is 6.82. The van der Waals surface area contributed by atoms with Crippen molar-refractivity contribution in [1.29, 1.82) is 0 Å². The number of hydrogen-bond acceptors (Lipinski definition) is 4. The normalized spacial score (nSPS) is 10.5. The zero-order chi connectivity index (χ0) is 12.3. The van der Waals surface area contributed by atoms with Crippen LogP contribution in [0.1, 0.15) is 5.56 Å². The second-order valence-electron chi connectivity index (χ2n) is 3.74. The number of ether oxygens (including phenoxy) is 1.